The van der Waals surface area contributed by atoms with E-state index in [4.69, 9.17) is 23.2 Å². The van der Waals surface area contributed by atoms with E-state index in [0.29, 0.717) is 0 Å². The second kappa shape index (κ2) is 15.4. The van der Waals surface area contributed by atoms with Crippen LogP contribution in [0.3, 0.4) is 0 Å². The average Bonchev–Trinajstić information content (AvgIpc) is 2.12. The van der Waals surface area contributed by atoms with Gasteiger partial charge in [0.15, 0.2) is 0 Å². The van der Waals surface area contributed by atoms with Crippen LogP contribution in [0, 0.1) is 0 Å². The third-order valence-corrected chi connectivity index (χ3v) is 1.17. The molecule has 3 nitrogen and oxygen atoms in total. The molecule has 0 spiro atoms. The zero-order valence-corrected chi connectivity index (χ0v) is 10.6. The molecule has 0 saturated carbocycles. The molecule has 84 valence electrons. The van der Waals surface area contributed by atoms with E-state index in [2.05, 4.69) is 35.0 Å². The molecule has 0 radical (unpaired) electrons. The third-order valence-electron chi connectivity index (χ3n) is 1.17. The molecule has 0 amide bonds. The maximum Gasteiger partial charge on any atom is 0.0967 e. The van der Waals surface area contributed by atoms with Crippen LogP contribution in [0.25, 0.3) is 0 Å². The fourth-order valence-corrected chi connectivity index (χ4v) is 0.637. The first-order valence-electron chi connectivity index (χ1n) is 4.53. The highest BCUT2D eigenvalue weighted by Gasteiger charge is 1.86. The van der Waals surface area contributed by atoms with Crippen molar-refractivity contribution >= 4 is 29.2 Å². The van der Waals surface area contributed by atoms with Crippen LogP contribution in [0.15, 0.2) is 9.98 Å². The number of aliphatic imine (C=N–C) groups is 2. The normalized spacial score (nSPS) is 8.71. The highest BCUT2D eigenvalue weighted by atomic mass is 35.5. The molecule has 14 heavy (non-hydrogen) atoms. The van der Waals surface area contributed by atoms with Crippen LogP contribution < -0.4 is 0 Å². The summed E-state index contributed by atoms with van der Waals surface area (Å²) >= 11 is 9.53. The van der Waals surface area contributed by atoms with Crippen molar-refractivity contribution < 1.29 is 0 Å². The Labute approximate surface area is 96.8 Å². The van der Waals surface area contributed by atoms with E-state index in [-0.39, 0.29) is 5.34 Å². The molecular formula is C9H19Cl2N3. The first-order chi connectivity index (χ1) is 6.68. The van der Waals surface area contributed by atoms with Crippen LogP contribution >= 0.6 is 23.2 Å². The van der Waals surface area contributed by atoms with Crippen molar-refractivity contribution in [1.29, 1.82) is 0 Å². The van der Waals surface area contributed by atoms with Crippen molar-refractivity contribution in [1.82, 2.24) is 4.90 Å². The lowest BCUT2D eigenvalue weighted by Crippen LogP contribution is -2.13. The molecule has 0 aromatic carbocycles. The van der Waals surface area contributed by atoms with Crippen LogP contribution in [0.1, 0.15) is 13.3 Å². The van der Waals surface area contributed by atoms with Crippen LogP contribution in [-0.2, 0) is 0 Å². The predicted octanol–water partition coefficient (Wildman–Crippen LogP) is 2.55. The van der Waals surface area contributed by atoms with E-state index in [1.807, 2.05) is 6.92 Å². The largest absolute Gasteiger partial charge is 0.309 e. The number of halogens is 2. The molecule has 0 aromatic heterocycles. The van der Waals surface area contributed by atoms with Gasteiger partial charge >= 0.3 is 0 Å². The average molecular weight is 240 g/mol. The van der Waals surface area contributed by atoms with Gasteiger partial charge in [0.2, 0.25) is 0 Å². The summed E-state index contributed by atoms with van der Waals surface area (Å²) in [6, 6.07) is 2.64. The second-order valence-electron chi connectivity index (χ2n) is 2.71. The molecule has 0 unspecified atom stereocenters. The lowest BCUT2D eigenvalue weighted by molar-refractivity contribution is 0.403. The molecular weight excluding hydrogens is 221 g/mol. The van der Waals surface area contributed by atoms with Crippen molar-refractivity contribution in [3.05, 3.63) is 0 Å². The van der Waals surface area contributed by atoms with Crippen molar-refractivity contribution in [2.45, 2.75) is 13.3 Å². The molecule has 0 aliphatic heterocycles. The van der Waals surface area contributed by atoms with E-state index < -0.39 is 0 Å². The summed E-state index contributed by atoms with van der Waals surface area (Å²) < 4.78 is 0. The molecule has 0 saturated heterocycles. The highest BCUT2D eigenvalue weighted by molar-refractivity contribution is 6.40. The monoisotopic (exact) mass is 239 g/mol. The molecule has 0 bridgehead atoms. The number of alkyl halides is 2. The summed E-state index contributed by atoms with van der Waals surface area (Å²) in [6.07, 6.45) is 1.08. The zero-order chi connectivity index (χ0) is 11.2. The van der Waals surface area contributed by atoms with Gasteiger partial charge in [-0.1, -0.05) is 0 Å². The van der Waals surface area contributed by atoms with Crippen LogP contribution in [-0.4, -0.2) is 50.0 Å². The smallest absolute Gasteiger partial charge is 0.0967 e. The van der Waals surface area contributed by atoms with Crippen LogP contribution in [0.5, 0.6) is 0 Å². The Hall–Kier alpha value is -0.0800. The molecule has 0 rings (SSSR count). The number of hydrogen-bond acceptors (Lipinski definition) is 3. The van der Waals surface area contributed by atoms with Gasteiger partial charge in [-0.2, -0.15) is 0 Å². The van der Waals surface area contributed by atoms with E-state index in [1.54, 1.807) is 0 Å². The number of nitrogens with zero attached hydrogens (tertiary/aromatic N) is 3. The first kappa shape index (κ1) is 16.4. The van der Waals surface area contributed by atoms with Crippen molar-refractivity contribution in [2.75, 3.05) is 39.1 Å². The first-order valence-corrected chi connectivity index (χ1v) is 5.60. The van der Waals surface area contributed by atoms with Gasteiger partial charge in [0, 0.05) is 6.54 Å². The van der Waals surface area contributed by atoms with Gasteiger partial charge in [-0.3, -0.25) is 0 Å². The van der Waals surface area contributed by atoms with Crippen LogP contribution in [0.2, 0.25) is 0 Å². The second-order valence-corrected chi connectivity index (χ2v) is 3.52. The summed E-state index contributed by atoms with van der Waals surface area (Å²) in [6.45, 7) is 4.67. The summed E-state index contributed by atoms with van der Waals surface area (Å²) in [4.78, 5) is 9.99. The summed E-state index contributed by atoms with van der Waals surface area (Å²) in [7, 11) is 4.12. The minimum Gasteiger partial charge on any atom is -0.309 e. The summed E-state index contributed by atoms with van der Waals surface area (Å²) in [5, 5.41) is 0.194. The Bertz CT molecular complexity index is 154. The maximum absolute atomic E-state index is 4.76. The van der Waals surface area contributed by atoms with Gasteiger partial charge in [-0.05, 0) is 34.0 Å². The van der Waals surface area contributed by atoms with Gasteiger partial charge in [-0.25, -0.2) is 9.98 Å². The van der Waals surface area contributed by atoms with E-state index in [9.17, 15) is 0 Å². The Morgan fingerprint density at radius 2 is 1.79 bits per heavy atom. The molecule has 0 aliphatic rings. The summed E-state index contributed by atoms with van der Waals surface area (Å²) in [5.41, 5.74) is 0. The third kappa shape index (κ3) is 22.7. The van der Waals surface area contributed by atoms with E-state index in [1.165, 1.54) is 0 Å². The maximum atomic E-state index is 4.76. The predicted molar refractivity (Wildman–Crippen MR) is 65.0 cm³/mol. The molecule has 0 aliphatic carbocycles. The Balaban J connectivity index is 0. The molecule has 0 N–H and O–H groups in total. The fourth-order valence-electron chi connectivity index (χ4n) is 0.637. The SMILES string of the molecule is CCN=C=NCCCN(C)C.ClCCl. The number of hydrogen-bond donors (Lipinski definition) is 0. The number of rotatable bonds is 5. The summed E-state index contributed by atoms with van der Waals surface area (Å²) in [5.74, 6) is 0. The van der Waals surface area contributed by atoms with E-state index in [0.717, 1.165) is 26.1 Å². The fraction of sp³-hybridized carbons (Fsp3) is 0.889. The van der Waals surface area contributed by atoms with Crippen LogP contribution in [0.4, 0.5) is 0 Å². The van der Waals surface area contributed by atoms with Gasteiger partial charge in [0.1, 0.15) is 0 Å². The van der Waals surface area contributed by atoms with Crippen molar-refractivity contribution in [3.63, 3.8) is 0 Å². The lowest BCUT2D eigenvalue weighted by atomic mass is 10.4. The molecule has 0 atom stereocenters. The van der Waals surface area contributed by atoms with Crippen molar-refractivity contribution in [2.24, 2.45) is 9.98 Å². The zero-order valence-electron chi connectivity index (χ0n) is 9.13. The minimum atomic E-state index is 0.194. The molecule has 0 aromatic rings. The molecule has 5 heteroatoms. The highest BCUT2D eigenvalue weighted by Crippen LogP contribution is 1.82. The van der Waals surface area contributed by atoms with Gasteiger partial charge in [0.25, 0.3) is 0 Å². The lowest BCUT2D eigenvalue weighted by Gasteiger charge is -2.05. The standard InChI is InChI=1S/C8H17N3.CH2Cl2/c1-4-9-8-10-6-5-7-11(2)3;2-1-3/h4-7H2,1-3H3;1H2. The Morgan fingerprint density at radius 3 is 2.21 bits per heavy atom. The topological polar surface area (TPSA) is 28.0 Å². The van der Waals surface area contributed by atoms with Gasteiger partial charge in [0.05, 0.1) is 17.9 Å². The van der Waals surface area contributed by atoms with Crippen molar-refractivity contribution in [3.8, 4) is 0 Å². The quantitative estimate of drug-likeness (QED) is 0.412. The Kier molecular flexibility index (Phi) is 18.0. The van der Waals surface area contributed by atoms with Gasteiger partial charge in [-0.15, -0.1) is 23.2 Å². The minimum absolute atomic E-state index is 0.194. The van der Waals surface area contributed by atoms with Gasteiger partial charge < -0.3 is 4.90 Å². The molecule has 0 fully saturated rings. The van der Waals surface area contributed by atoms with E-state index >= 15 is 0 Å². The molecule has 0 heterocycles. The Morgan fingerprint density at radius 1 is 1.21 bits per heavy atom.